The number of hydrogen-bond acceptors (Lipinski definition) is 4. The monoisotopic (exact) mass is 367 g/mol. The van der Waals surface area contributed by atoms with Gasteiger partial charge in [-0.3, -0.25) is 9.69 Å². The zero-order valence-electron chi connectivity index (χ0n) is 15.1. The topological polar surface area (TPSA) is 45.1 Å². The number of oxime groups is 1. The molecule has 2 aliphatic heterocycles. The van der Waals surface area contributed by atoms with E-state index in [-0.39, 0.29) is 11.7 Å². The first-order chi connectivity index (χ1) is 13.2. The molecule has 2 heterocycles. The molecule has 0 spiro atoms. The maximum Gasteiger partial charge on any atom is 0.266 e. The van der Waals surface area contributed by atoms with Crippen LogP contribution in [-0.2, 0) is 16.2 Å². The molecule has 5 nitrogen and oxygen atoms in total. The van der Waals surface area contributed by atoms with Crippen LogP contribution in [0.1, 0.15) is 17.5 Å². The molecule has 4 rings (SSSR count). The first kappa shape index (κ1) is 17.7. The highest BCUT2D eigenvalue weighted by molar-refractivity contribution is 6.04. The summed E-state index contributed by atoms with van der Waals surface area (Å²) in [5.74, 6) is -0.311. The zero-order valence-corrected chi connectivity index (χ0v) is 15.1. The Balaban J connectivity index is 1.28. The number of amides is 1. The third kappa shape index (κ3) is 4.17. The van der Waals surface area contributed by atoms with Gasteiger partial charge in [0.1, 0.15) is 5.82 Å². The van der Waals surface area contributed by atoms with Crippen LogP contribution < -0.4 is 0 Å². The molecular weight excluding hydrogens is 345 g/mol. The van der Waals surface area contributed by atoms with E-state index in [0.29, 0.717) is 25.2 Å². The minimum atomic E-state index is -0.578. The first-order valence-corrected chi connectivity index (χ1v) is 9.23. The summed E-state index contributed by atoms with van der Waals surface area (Å²) in [6.07, 6.45) is -0.153. The maximum absolute atomic E-state index is 13.1. The van der Waals surface area contributed by atoms with Crippen molar-refractivity contribution in [3.8, 4) is 0 Å². The van der Waals surface area contributed by atoms with Crippen LogP contribution in [0.25, 0.3) is 0 Å². The van der Waals surface area contributed by atoms with Gasteiger partial charge in [-0.25, -0.2) is 4.39 Å². The normalized spacial score (nSPS) is 20.3. The largest absolute Gasteiger partial charge is 0.382 e. The highest BCUT2D eigenvalue weighted by atomic mass is 19.1. The molecule has 1 fully saturated rings. The second kappa shape index (κ2) is 7.88. The Morgan fingerprint density at radius 2 is 1.74 bits per heavy atom. The second-order valence-corrected chi connectivity index (χ2v) is 6.93. The van der Waals surface area contributed by atoms with Gasteiger partial charge in [0.05, 0.1) is 5.71 Å². The third-order valence-electron chi connectivity index (χ3n) is 5.05. The predicted octanol–water partition coefficient (Wildman–Crippen LogP) is 2.66. The average molecular weight is 367 g/mol. The van der Waals surface area contributed by atoms with Crippen molar-refractivity contribution in [3.05, 3.63) is 71.5 Å². The first-order valence-electron chi connectivity index (χ1n) is 9.23. The van der Waals surface area contributed by atoms with Crippen molar-refractivity contribution in [3.63, 3.8) is 0 Å². The number of nitrogens with zero attached hydrogens (tertiary/aromatic N) is 3. The molecule has 1 atom stereocenters. The Morgan fingerprint density at radius 1 is 1.04 bits per heavy atom. The van der Waals surface area contributed by atoms with Crippen molar-refractivity contribution in [2.24, 2.45) is 5.16 Å². The van der Waals surface area contributed by atoms with E-state index in [1.807, 2.05) is 23.1 Å². The molecule has 0 saturated carbocycles. The molecule has 27 heavy (non-hydrogen) atoms. The summed E-state index contributed by atoms with van der Waals surface area (Å²) in [5, 5.41) is 4.04. The number of rotatable bonds is 4. The van der Waals surface area contributed by atoms with Crippen LogP contribution >= 0.6 is 0 Å². The number of halogens is 1. The number of piperazine rings is 1. The summed E-state index contributed by atoms with van der Waals surface area (Å²) in [5.41, 5.74) is 2.77. The fourth-order valence-corrected chi connectivity index (χ4v) is 3.49. The maximum atomic E-state index is 13.1. The lowest BCUT2D eigenvalue weighted by Gasteiger charge is -2.35. The van der Waals surface area contributed by atoms with E-state index >= 15 is 0 Å². The molecule has 1 saturated heterocycles. The van der Waals surface area contributed by atoms with E-state index < -0.39 is 6.10 Å². The van der Waals surface area contributed by atoms with Crippen molar-refractivity contribution in [1.82, 2.24) is 9.80 Å². The quantitative estimate of drug-likeness (QED) is 0.835. The van der Waals surface area contributed by atoms with E-state index in [1.165, 1.54) is 17.7 Å². The van der Waals surface area contributed by atoms with Crippen LogP contribution in [0.4, 0.5) is 4.39 Å². The number of hydrogen-bond donors (Lipinski definition) is 0. The molecule has 0 aromatic heterocycles. The minimum absolute atomic E-state index is 0.0183. The van der Waals surface area contributed by atoms with Crippen LogP contribution in [0.3, 0.4) is 0 Å². The van der Waals surface area contributed by atoms with Gasteiger partial charge >= 0.3 is 0 Å². The van der Waals surface area contributed by atoms with Gasteiger partial charge in [-0.15, -0.1) is 0 Å². The lowest BCUT2D eigenvalue weighted by Crippen LogP contribution is -2.51. The molecule has 0 N–H and O–H groups in total. The van der Waals surface area contributed by atoms with E-state index in [1.54, 1.807) is 12.1 Å². The summed E-state index contributed by atoms with van der Waals surface area (Å²) in [4.78, 5) is 22.3. The summed E-state index contributed by atoms with van der Waals surface area (Å²) in [6, 6.07) is 16.5. The van der Waals surface area contributed by atoms with E-state index in [9.17, 15) is 9.18 Å². The highest BCUT2D eigenvalue weighted by Gasteiger charge is 2.33. The van der Waals surface area contributed by atoms with Crippen molar-refractivity contribution in [2.45, 2.75) is 19.1 Å². The van der Waals surface area contributed by atoms with Crippen molar-refractivity contribution in [1.29, 1.82) is 0 Å². The number of carbonyl (C=O) groups is 1. The summed E-state index contributed by atoms with van der Waals surface area (Å²) in [7, 11) is 0. The van der Waals surface area contributed by atoms with Gasteiger partial charge in [-0.2, -0.15) is 0 Å². The van der Waals surface area contributed by atoms with Crippen LogP contribution in [0.2, 0.25) is 0 Å². The molecule has 0 unspecified atom stereocenters. The van der Waals surface area contributed by atoms with Crippen molar-refractivity contribution < 1.29 is 14.0 Å². The Morgan fingerprint density at radius 3 is 2.44 bits per heavy atom. The SMILES string of the molecule is O=C([C@@H]1CC(c2ccc(F)cc2)=NO1)N1CCN(Cc2ccccc2)CC1. The lowest BCUT2D eigenvalue weighted by atomic mass is 10.0. The molecule has 0 bridgehead atoms. The second-order valence-electron chi connectivity index (χ2n) is 6.93. The lowest BCUT2D eigenvalue weighted by molar-refractivity contribution is -0.143. The smallest absolute Gasteiger partial charge is 0.266 e. The van der Waals surface area contributed by atoms with E-state index in [2.05, 4.69) is 22.2 Å². The Bertz CT molecular complexity index is 815. The highest BCUT2D eigenvalue weighted by Crippen LogP contribution is 2.20. The van der Waals surface area contributed by atoms with Crippen LogP contribution in [0.15, 0.2) is 59.8 Å². The molecule has 2 aromatic rings. The van der Waals surface area contributed by atoms with Crippen molar-refractivity contribution >= 4 is 11.6 Å². The van der Waals surface area contributed by atoms with Gasteiger partial charge in [0, 0.05) is 39.1 Å². The van der Waals surface area contributed by atoms with Gasteiger partial charge in [0.15, 0.2) is 0 Å². The summed E-state index contributed by atoms with van der Waals surface area (Å²) < 4.78 is 13.1. The average Bonchev–Trinajstić information content (AvgIpc) is 3.20. The summed E-state index contributed by atoms with van der Waals surface area (Å²) >= 11 is 0. The Hall–Kier alpha value is -2.73. The van der Waals surface area contributed by atoms with Gasteiger partial charge < -0.3 is 9.74 Å². The van der Waals surface area contributed by atoms with E-state index in [0.717, 1.165) is 25.2 Å². The molecule has 140 valence electrons. The van der Waals surface area contributed by atoms with Crippen LogP contribution in [0, 0.1) is 5.82 Å². The van der Waals surface area contributed by atoms with Crippen LogP contribution in [0.5, 0.6) is 0 Å². The predicted molar refractivity (Wildman–Crippen MR) is 101 cm³/mol. The molecule has 1 amide bonds. The standard InChI is InChI=1S/C21H22FN3O2/c22-18-8-6-17(7-9-18)19-14-20(27-23-19)21(26)25-12-10-24(11-13-25)15-16-4-2-1-3-5-16/h1-9,20H,10-15H2/t20-/m0/s1. The number of carbonyl (C=O) groups excluding carboxylic acids is 1. The fraction of sp³-hybridized carbons (Fsp3) is 0.333. The molecule has 0 radical (unpaired) electrons. The molecule has 6 heteroatoms. The Labute approximate surface area is 158 Å². The fourth-order valence-electron chi connectivity index (χ4n) is 3.49. The Kier molecular flexibility index (Phi) is 5.16. The van der Waals surface area contributed by atoms with Gasteiger partial charge in [-0.1, -0.05) is 47.6 Å². The minimum Gasteiger partial charge on any atom is -0.382 e. The molecular formula is C21H22FN3O2. The van der Waals surface area contributed by atoms with E-state index in [4.69, 9.17) is 4.84 Å². The van der Waals surface area contributed by atoms with Gasteiger partial charge in [0.2, 0.25) is 6.10 Å². The zero-order chi connectivity index (χ0) is 18.6. The molecule has 2 aromatic carbocycles. The molecule has 0 aliphatic carbocycles. The van der Waals surface area contributed by atoms with Gasteiger partial charge in [0.25, 0.3) is 5.91 Å². The van der Waals surface area contributed by atoms with Crippen molar-refractivity contribution in [2.75, 3.05) is 26.2 Å². The number of benzene rings is 2. The van der Waals surface area contributed by atoms with Gasteiger partial charge in [-0.05, 0) is 23.3 Å². The van der Waals surface area contributed by atoms with Crippen LogP contribution in [-0.4, -0.2) is 53.7 Å². The third-order valence-corrected chi connectivity index (χ3v) is 5.05. The summed E-state index contributed by atoms with van der Waals surface area (Å²) in [6.45, 7) is 3.98. The molecule has 2 aliphatic rings.